The van der Waals surface area contributed by atoms with Crippen LogP contribution in [-0.2, 0) is 21.5 Å². The first-order valence-electron chi connectivity index (χ1n) is 14.7. The third kappa shape index (κ3) is 6.57. The number of aromatic nitrogens is 3. The number of anilines is 1. The van der Waals surface area contributed by atoms with E-state index in [4.69, 9.17) is 19.5 Å². The number of fused-ring (bicyclic) bond motifs is 1. The summed E-state index contributed by atoms with van der Waals surface area (Å²) >= 11 is 0. The summed E-state index contributed by atoms with van der Waals surface area (Å²) in [4.78, 5) is 10.7. The van der Waals surface area contributed by atoms with Crippen LogP contribution in [0.4, 0.5) is 5.69 Å². The van der Waals surface area contributed by atoms with Gasteiger partial charge in [-0.15, -0.1) is 0 Å². The predicted octanol–water partition coefficient (Wildman–Crippen LogP) is 5.54. The van der Waals surface area contributed by atoms with E-state index in [1.807, 2.05) is 17.8 Å². The molecule has 0 atom stereocenters. The fourth-order valence-electron chi connectivity index (χ4n) is 6.13. The van der Waals surface area contributed by atoms with Crippen LogP contribution < -0.4 is 5.32 Å². The fourth-order valence-corrected chi connectivity index (χ4v) is 6.61. The van der Waals surface area contributed by atoms with Gasteiger partial charge in [-0.2, -0.15) is 13.5 Å². The zero-order chi connectivity index (χ0) is 29.2. The van der Waals surface area contributed by atoms with Gasteiger partial charge in [0.2, 0.25) is 0 Å². The molecule has 0 saturated heterocycles. The van der Waals surface area contributed by atoms with Crippen molar-refractivity contribution in [3.63, 3.8) is 0 Å². The standard InChI is InChI=1S/C23H33N5O2.C7H8O3S/c1-3-28-22-20(15(2)26-28)21(25-16-7-5-4-6-8-16)18(14-24-22)19-13-23(30-27-19)11-9-17(29)10-12-23;1-6-2-4-7(5-3-6)11(8,9)10/h14,16-17,29H,3-13H2,1-2H3,(H,24,25);2-5H,1H3,(H,8,9,10). The number of nitrogens with one attached hydrogen (secondary N) is 1. The van der Waals surface area contributed by atoms with Gasteiger partial charge >= 0.3 is 0 Å². The number of hydrogen-bond acceptors (Lipinski definition) is 8. The number of aryl methyl sites for hydroxylation is 3. The second-order valence-corrected chi connectivity index (χ2v) is 13.1. The molecule has 3 aromatic rings. The Morgan fingerprint density at radius 3 is 2.39 bits per heavy atom. The summed E-state index contributed by atoms with van der Waals surface area (Å²) in [7, 11) is -4.02. The average Bonchev–Trinajstić information content (AvgIpc) is 3.52. The molecular weight excluding hydrogens is 542 g/mol. The van der Waals surface area contributed by atoms with Gasteiger partial charge in [-0.05, 0) is 71.4 Å². The molecule has 1 spiro atoms. The van der Waals surface area contributed by atoms with Crippen LogP contribution in [-0.4, -0.2) is 56.3 Å². The van der Waals surface area contributed by atoms with Crippen LogP contribution in [0.25, 0.3) is 11.0 Å². The number of rotatable bonds is 5. The largest absolute Gasteiger partial charge is 0.393 e. The number of aliphatic hydroxyl groups is 1. The van der Waals surface area contributed by atoms with E-state index in [0.29, 0.717) is 6.04 Å². The molecule has 222 valence electrons. The molecule has 10 nitrogen and oxygen atoms in total. The second-order valence-electron chi connectivity index (χ2n) is 11.6. The molecule has 1 aliphatic heterocycles. The average molecular weight is 584 g/mol. The normalized spacial score (nSPS) is 23.1. The zero-order valence-electron chi connectivity index (χ0n) is 24.1. The Morgan fingerprint density at radius 1 is 1.07 bits per heavy atom. The summed E-state index contributed by atoms with van der Waals surface area (Å²) in [5.41, 5.74) is 5.80. The molecule has 0 radical (unpaired) electrons. The van der Waals surface area contributed by atoms with Crippen molar-refractivity contribution < 1.29 is 22.9 Å². The Morgan fingerprint density at radius 2 is 1.76 bits per heavy atom. The van der Waals surface area contributed by atoms with Gasteiger partial charge in [0, 0.05) is 30.8 Å². The van der Waals surface area contributed by atoms with E-state index in [2.05, 4.69) is 24.3 Å². The SMILES string of the molecule is CCn1nc(C)c2c(NC3CCCCC3)c(C3=NOC4(CCC(O)CC4)C3)cnc21.Cc1ccc(S(=O)(=O)O)cc1. The highest BCUT2D eigenvalue weighted by Gasteiger charge is 2.43. The van der Waals surface area contributed by atoms with Crippen LogP contribution in [0, 0.1) is 13.8 Å². The number of oxime groups is 1. The van der Waals surface area contributed by atoms with Crippen LogP contribution in [0.3, 0.4) is 0 Å². The summed E-state index contributed by atoms with van der Waals surface area (Å²) in [6.07, 6.45) is 12.1. The summed E-state index contributed by atoms with van der Waals surface area (Å²) in [6.45, 7) is 6.82. The Labute approximate surface area is 241 Å². The van der Waals surface area contributed by atoms with E-state index in [1.54, 1.807) is 12.1 Å². The Hall–Kier alpha value is -3.02. The van der Waals surface area contributed by atoms with E-state index in [-0.39, 0.29) is 16.6 Å². The van der Waals surface area contributed by atoms with Crippen molar-refractivity contribution >= 4 is 32.6 Å². The highest BCUT2D eigenvalue weighted by Crippen LogP contribution is 2.42. The van der Waals surface area contributed by atoms with Gasteiger partial charge in [-0.3, -0.25) is 4.55 Å². The molecule has 2 saturated carbocycles. The maximum Gasteiger partial charge on any atom is 0.294 e. The molecule has 3 aliphatic rings. The lowest BCUT2D eigenvalue weighted by molar-refractivity contribution is -0.0676. The molecule has 41 heavy (non-hydrogen) atoms. The predicted molar refractivity (Wildman–Crippen MR) is 159 cm³/mol. The van der Waals surface area contributed by atoms with Crippen molar-refractivity contribution in [1.29, 1.82) is 0 Å². The zero-order valence-corrected chi connectivity index (χ0v) is 25.0. The lowest BCUT2D eigenvalue weighted by Crippen LogP contribution is -2.36. The van der Waals surface area contributed by atoms with E-state index in [1.165, 1.54) is 44.2 Å². The number of benzene rings is 1. The molecule has 2 aromatic heterocycles. The second kappa shape index (κ2) is 12.1. The van der Waals surface area contributed by atoms with Gasteiger partial charge in [-0.1, -0.05) is 42.1 Å². The number of pyridine rings is 1. The van der Waals surface area contributed by atoms with Gasteiger partial charge in [0.15, 0.2) is 5.65 Å². The van der Waals surface area contributed by atoms with Crippen LogP contribution in [0.15, 0.2) is 40.5 Å². The number of aliphatic hydroxyl groups excluding tert-OH is 1. The third-order valence-electron chi connectivity index (χ3n) is 8.52. The molecule has 2 aliphatic carbocycles. The van der Waals surface area contributed by atoms with E-state index < -0.39 is 10.1 Å². The fraction of sp³-hybridized carbons (Fsp3) is 0.567. The first kappa shape index (κ1) is 29.5. The van der Waals surface area contributed by atoms with Gasteiger partial charge in [0.25, 0.3) is 10.1 Å². The Kier molecular flexibility index (Phi) is 8.68. The van der Waals surface area contributed by atoms with Crippen LogP contribution in [0.2, 0.25) is 0 Å². The highest BCUT2D eigenvalue weighted by atomic mass is 32.2. The van der Waals surface area contributed by atoms with Crippen molar-refractivity contribution in [2.75, 3.05) is 5.32 Å². The quantitative estimate of drug-likeness (QED) is 0.333. The van der Waals surface area contributed by atoms with Gasteiger partial charge in [-0.25, -0.2) is 9.67 Å². The molecule has 3 heterocycles. The molecule has 0 bridgehead atoms. The first-order chi connectivity index (χ1) is 19.6. The molecular formula is C30H41N5O5S. The maximum absolute atomic E-state index is 10.5. The lowest BCUT2D eigenvalue weighted by Gasteiger charge is -2.32. The molecule has 1 aromatic carbocycles. The van der Waals surface area contributed by atoms with Crippen molar-refractivity contribution in [2.24, 2.45) is 5.16 Å². The van der Waals surface area contributed by atoms with E-state index in [0.717, 1.165) is 77.9 Å². The minimum Gasteiger partial charge on any atom is -0.393 e. The van der Waals surface area contributed by atoms with Crippen molar-refractivity contribution in [3.8, 4) is 0 Å². The molecule has 0 unspecified atom stereocenters. The summed E-state index contributed by atoms with van der Waals surface area (Å²) < 4.78 is 31.5. The number of hydrogen-bond donors (Lipinski definition) is 3. The van der Waals surface area contributed by atoms with Crippen molar-refractivity contribution in [1.82, 2.24) is 14.8 Å². The van der Waals surface area contributed by atoms with Crippen LogP contribution in [0.1, 0.15) is 88.0 Å². The van der Waals surface area contributed by atoms with Gasteiger partial charge in [0.05, 0.1) is 33.5 Å². The van der Waals surface area contributed by atoms with Crippen molar-refractivity contribution in [3.05, 3.63) is 47.3 Å². The highest BCUT2D eigenvalue weighted by molar-refractivity contribution is 7.85. The molecule has 6 rings (SSSR count). The van der Waals surface area contributed by atoms with E-state index >= 15 is 0 Å². The van der Waals surface area contributed by atoms with Crippen molar-refractivity contribution in [2.45, 2.75) is 114 Å². The van der Waals surface area contributed by atoms with Crippen LogP contribution in [0.5, 0.6) is 0 Å². The summed E-state index contributed by atoms with van der Waals surface area (Å²) in [6, 6.07) is 6.47. The van der Waals surface area contributed by atoms with E-state index in [9.17, 15) is 13.5 Å². The third-order valence-corrected chi connectivity index (χ3v) is 9.39. The Bertz CT molecular complexity index is 1500. The maximum atomic E-state index is 10.5. The minimum absolute atomic E-state index is 0.0666. The van der Waals surface area contributed by atoms with Gasteiger partial charge < -0.3 is 15.3 Å². The smallest absolute Gasteiger partial charge is 0.294 e. The molecule has 0 amide bonds. The topological polar surface area (TPSA) is 139 Å². The molecule has 11 heteroatoms. The lowest BCUT2D eigenvalue weighted by atomic mass is 9.79. The summed E-state index contributed by atoms with van der Waals surface area (Å²) in [5, 5.41) is 24.2. The van der Waals surface area contributed by atoms with Gasteiger partial charge in [0.1, 0.15) is 5.60 Å². The minimum atomic E-state index is -4.02. The van der Waals surface area contributed by atoms with Crippen LogP contribution >= 0.6 is 0 Å². The first-order valence-corrected chi connectivity index (χ1v) is 16.1. The molecule has 2 fully saturated rings. The monoisotopic (exact) mass is 583 g/mol. The molecule has 3 N–H and O–H groups in total. The number of nitrogens with zero attached hydrogens (tertiary/aromatic N) is 4. The summed E-state index contributed by atoms with van der Waals surface area (Å²) in [5.74, 6) is 0. The Balaban J connectivity index is 0.000000259.